The Balaban J connectivity index is 1.42. The van der Waals surface area contributed by atoms with Gasteiger partial charge in [0.05, 0.1) is 6.61 Å². The maximum absolute atomic E-state index is 12.9. The fraction of sp³-hybridized carbons (Fsp3) is 0.682. The molecule has 1 saturated carbocycles. The number of nitrogens with one attached hydrogen (secondary N) is 2. The lowest BCUT2D eigenvalue weighted by molar-refractivity contribution is -0.123. The van der Waals surface area contributed by atoms with Crippen molar-refractivity contribution in [3.63, 3.8) is 0 Å². The number of amides is 1. The molecule has 0 radical (unpaired) electrons. The van der Waals surface area contributed by atoms with E-state index in [1.54, 1.807) is 0 Å². The minimum Gasteiger partial charge on any atom is -0.494 e. The van der Waals surface area contributed by atoms with E-state index in [9.17, 15) is 4.79 Å². The molecule has 1 aromatic carbocycles. The summed E-state index contributed by atoms with van der Waals surface area (Å²) in [4.78, 5) is 12.9. The summed E-state index contributed by atoms with van der Waals surface area (Å²) in [6.07, 6.45) is 5.24. The van der Waals surface area contributed by atoms with Gasteiger partial charge in [0, 0.05) is 31.1 Å². The lowest BCUT2D eigenvalue weighted by Crippen LogP contribution is -2.45. The lowest BCUT2D eigenvalue weighted by Gasteiger charge is -2.38. The van der Waals surface area contributed by atoms with Gasteiger partial charge in [0.25, 0.3) is 0 Å². The highest BCUT2D eigenvalue weighted by molar-refractivity contribution is 5.82. The molecule has 3 fully saturated rings. The van der Waals surface area contributed by atoms with Crippen molar-refractivity contribution in [3.8, 4) is 5.75 Å². The number of ether oxygens (including phenoxy) is 2. The maximum atomic E-state index is 12.9. The predicted molar refractivity (Wildman–Crippen MR) is 105 cm³/mol. The number of piperidine rings is 1. The normalized spacial score (nSPS) is 25.7. The molecule has 2 heterocycles. The average Bonchev–Trinajstić information content (AvgIpc) is 3.41. The highest BCUT2D eigenvalue weighted by Crippen LogP contribution is 2.58. The second-order valence-electron chi connectivity index (χ2n) is 8.44. The van der Waals surface area contributed by atoms with Crippen molar-refractivity contribution in [2.45, 2.75) is 44.4 Å². The first-order chi connectivity index (χ1) is 13.2. The first kappa shape index (κ1) is 18.8. The molecule has 5 nitrogen and oxygen atoms in total. The zero-order chi connectivity index (χ0) is 18.7. The van der Waals surface area contributed by atoms with Crippen molar-refractivity contribution in [2.75, 3.05) is 39.5 Å². The van der Waals surface area contributed by atoms with Crippen LogP contribution in [0.4, 0.5) is 0 Å². The van der Waals surface area contributed by atoms with Gasteiger partial charge < -0.3 is 20.1 Å². The van der Waals surface area contributed by atoms with Gasteiger partial charge in [-0.15, -0.1) is 0 Å². The van der Waals surface area contributed by atoms with E-state index in [1.807, 2.05) is 19.1 Å². The van der Waals surface area contributed by atoms with Gasteiger partial charge in [-0.2, -0.15) is 0 Å². The van der Waals surface area contributed by atoms with Gasteiger partial charge >= 0.3 is 0 Å². The summed E-state index contributed by atoms with van der Waals surface area (Å²) in [5.74, 6) is 1.38. The average molecular weight is 373 g/mol. The molecule has 3 aliphatic rings. The Morgan fingerprint density at radius 2 is 1.89 bits per heavy atom. The fourth-order valence-electron chi connectivity index (χ4n) is 4.98. The molecule has 2 saturated heterocycles. The van der Waals surface area contributed by atoms with Crippen LogP contribution in [0.5, 0.6) is 5.75 Å². The Morgan fingerprint density at radius 3 is 2.56 bits per heavy atom. The Labute approximate surface area is 162 Å². The number of rotatable bonds is 6. The second-order valence-corrected chi connectivity index (χ2v) is 8.44. The third-order valence-corrected chi connectivity index (χ3v) is 6.93. The molecule has 0 bridgehead atoms. The molecule has 27 heavy (non-hydrogen) atoms. The summed E-state index contributed by atoms with van der Waals surface area (Å²) in [6.45, 7) is 6.98. The van der Waals surface area contributed by atoms with Crippen LogP contribution in [0.25, 0.3) is 0 Å². The number of carbonyl (C=O) groups is 1. The summed E-state index contributed by atoms with van der Waals surface area (Å²) in [6, 6.07) is 8.41. The van der Waals surface area contributed by atoms with Crippen molar-refractivity contribution < 1.29 is 14.3 Å². The van der Waals surface area contributed by atoms with Crippen LogP contribution in [0.1, 0.15) is 44.6 Å². The first-order valence-electron chi connectivity index (χ1n) is 10.5. The van der Waals surface area contributed by atoms with Crippen molar-refractivity contribution in [2.24, 2.45) is 11.3 Å². The molecular formula is C22H32N2O3. The van der Waals surface area contributed by atoms with E-state index >= 15 is 0 Å². The minimum atomic E-state index is -0.0329. The number of carbonyl (C=O) groups excluding carboxylic acids is 1. The highest BCUT2D eigenvalue weighted by Gasteiger charge is 2.57. The van der Waals surface area contributed by atoms with Gasteiger partial charge in [-0.3, -0.25) is 4.79 Å². The van der Waals surface area contributed by atoms with E-state index in [-0.39, 0.29) is 22.7 Å². The summed E-state index contributed by atoms with van der Waals surface area (Å²) < 4.78 is 11.2. The van der Waals surface area contributed by atoms with Crippen LogP contribution >= 0.6 is 0 Å². The van der Waals surface area contributed by atoms with Crippen LogP contribution in [0, 0.1) is 11.3 Å². The van der Waals surface area contributed by atoms with E-state index in [2.05, 4.69) is 22.8 Å². The molecule has 0 aromatic heterocycles. The van der Waals surface area contributed by atoms with E-state index in [4.69, 9.17) is 9.47 Å². The second kappa shape index (κ2) is 7.80. The SMILES string of the molecule is CCOc1ccc(C2(CNC(=O)C3CC34CCNCC4)CCOCC2)cc1. The molecule has 1 amide bonds. The topological polar surface area (TPSA) is 59.6 Å². The van der Waals surface area contributed by atoms with E-state index in [0.29, 0.717) is 13.2 Å². The van der Waals surface area contributed by atoms with Crippen LogP contribution in [0.15, 0.2) is 24.3 Å². The molecule has 1 aliphatic carbocycles. The van der Waals surface area contributed by atoms with Crippen LogP contribution < -0.4 is 15.4 Å². The summed E-state index contributed by atoms with van der Waals surface area (Å²) in [5, 5.41) is 6.73. The molecule has 148 valence electrons. The van der Waals surface area contributed by atoms with Gasteiger partial charge in [0.15, 0.2) is 0 Å². The molecule has 1 atom stereocenters. The predicted octanol–water partition coefficient (Wildman–Crippen LogP) is 2.64. The zero-order valence-corrected chi connectivity index (χ0v) is 16.4. The number of hydrogen-bond donors (Lipinski definition) is 2. The molecule has 1 unspecified atom stereocenters. The van der Waals surface area contributed by atoms with Crippen molar-refractivity contribution in [3.05, 3.63) is 29.8 Å². The third kappa shape index (κ3) is 3.85. The number of benzene rings is 1. The number of hydrogen-bond acceptors (Lipinski definition) is 4. The Morgan fingerprint density at radius 1 is 1.19 bits per heavy atom. The quantitative estimate of drug-likeness (QED) is 0.806. The largest absolute Gasteiger partial charge is 0.494 e. The summed E-state index contributed by atoms with van der Waals surface area (Å²) in [5.41, 5.74) is 1.54. The van der Waals surface area contributed by atoms with Crippen LogP contribution in [-0.2, 0) is 14.9 Å². The molecule has 2 N–H and O–H groups in total. The van der Waals surface area contributed by atoms with Gasteiger partial charge in [0.2, 0.25) is 5.91 Å². The third-order valence-electron chi connectivity index (χ3n) is 6.93. The first-order valence-corrected chi connectivity index (χ1v) is 10.5. The Bertz CT molecular complexity index is 646. The van der Waals surface area contributed by atoms with Crippen molar-refractivity contribution >= 4 is 5.91 Å². The molecule has 4 rings (SSSR count). The lowest BCUT2D eigenvalue weighted by atomic mass is 9.74. The van der Waals surface area contributed by atoms with Crippen molar-refractivity contribution in [1.29, 1.82) is 0 Å². The van der Waals surface area contributed by atoms with Crippen LogP contribution in [0.2, 0.25) is 0 Å². The van der Waals surface area contributed by atoms with E-state index in [1.165, 1.54) is 5.56 Å². The zero-order valence-electron chi connectivity index (χ0n) is 16.4. The highest BCUT2D eigenvalue weighted by atomic mass is 16.5. The molecular weight excluding hydrogens is 340 g/mol. The molecule has 1 aromatic rings. The van der Waals surface area contributed by atoms with E-state index in [0.717, 1.165) is 64.2 Å². The maximum Gasteiger partial charge on any atom is 0.223 e. The fourth-order valence-corrected chi connectivity index (χ4v) is 4.98. The monoisotopic (exact) mass is 372 g/mol. The van der Waals surface area contributed by atoms with Gasteiger partial charge in [0.1, 0.15) is 5.75 Å². The smallest absolute Gasteiger partial charge is 0.223 e. The van der Waals surface area contributed by atoms with E-state index < -0.39 is 0 Å². The molecule has 2 aliphatic heterocycles. The molecule has 5 heteroatoms. The molecule has 1 spiro atoms. The minimum absolute atomic E-state index is 0.0329. The summed E-state index contributed by atoms with van der Waals surface area (Å²) >= 11 is 0. The van der Waals surface area contributed by atoms with Crippen LogP contribution in [-0.4, -0.2) is 45.4 Å². The Kier molecular flexibility index (Phi) is 5.42. The van der Waals surface area contributed by atoms with Gasteiger partial charge in [-0.25, -0.2) is 0 Å². The Hall–Kier alpha value is -1.59. The van der Waals surface area contributed by atoms with Crippen LogP contribution in [0.3, 0.4) is 0 Å². The van der Waals surface area contributed by atoms with Gasteiger partial charge in [-0.1, -0.05) is 12.1 Å². The van der Waals surface area contributed by atoms with Crippen molar-refractivity contribution in [1.82, 2.24) is 10.6 Å². The van der Waals surface area contributed by atoms with Gasteiger partial charge in [-0.05, 0) is 75.2 Å². The standard InChI is InChI=1S/C22H32N2O3/c1-2-27-18-5-3-17(4-6-18)22(9-13-26-14-10-22)16-24-20(25)19-15-21(19)7-11-23-12-8-21/h3-6,19,23H,2,7-16H2,1H3,(H,24,25). The summed E-state index contributed by atoms with van der Waals surface area (Å²) in [7, 11) is 0.